The molecule has 4 heteroatoms. The first kappa shape index (κ1) is 16.5. The van der Waals surface area contributed by atoms with Crippen molar-refractivity contribution < 1.29 is 4.74 Å². The molecule has 2 rings (SSSR count). The summed E-state index contributed by atoms with van der Waals surface area (Å²) in [5.41, 5.74) is 3.19. The first-order valence-corrected chi connectivity index (χ1v) is 7.89. The molecule has 1 nitrogen and oxygen atoms in total. The van der Waals surface area contributed by atoms with Crippen LogP contribution in [0.1, 0.15) is 29.5 Å². The predicted octanol–water partition coefficient (Wildman–Crippen LogP) is 5.76. The summed E-state index contributed by atoms with van der Waals surface area (Å²) >= 11 is 18.8. The topological polar surface area (TPSA) is 9.23 Å². The zero-order chi connectivity index (χ0) is 15.5. The maximum absolute atomic E-state index is 6.27. The Labute approximate surface area is 140 Å². The highest BCUT2D eigenvalue weighted by atomic mass is 35.6. The number of aryl methyl sites for hydroxylation is 1. The first-order chi connectivity index (χ1) is 9.97. The zero-order valence-electron chi connectivity index (χ0n) is 11.9. The summed E-state index contributed by atoms with van der Waals surface area (Å²) < 4.78 is 3.77. The van der Waals surface area contributed by atoms with E-state index >= 15 is 0 Å². The average molecular weight is 344 g/mol. The molecule has 0 radical (unpaired) electrons. The number of benzene rings is 2. The van der Waals surface area contributed by atoms with E-state index in [9.17, 15) is 0 Å². The normalized spacial score (nSPS) is 13.0. The van der Waals surface area contributed by atoms with E-state index in [2.05, 4.69) is 13.0 Å². The minimum atomic E-state index is -1.42. The number of methoxy groups -OCH3 is 1. The second kappa shape index (κ2) is 6.91. The van der Waals surface area contributed by atoms with Crippen molar-refractivity contribution in [3.63, 3.8) is 0 Å². The van der Waals surface area contributed by atoms with Crippen LogP contribution in [-0.4, -0.2) is 10.9 Å². The van der Waals surface area contributed by atoms with Crippen molar-refractivity contribution in [1.29, 1.82) is 0 Å². The summed E-state index contributed by atoms with van der Waals surface area (Å²) in [6.45, 7) is 2.10. The number of hydrogen-bond acceptors (Lipinski definition) is 1. The first-order valence-electron chi connectivity index (χ1n) is 6.75. The Hall–Kier alpha value is -0.890. The third kappa shape index (κ3) is 3.85. The van der Waals surface area contributed by atoms with E-state index in [1.165, 1.54) is 5.56 Å². The molecule has 0 bridgehead atoms. The monoisotopic (exact) mass is 342 g/mol. The molecule has 0 fully saturated rings. The van der Waals surface area contributed by atoms with Crippen LogP contribution in [0.3, 0.4) is 0 Å². The Bertz CT molecular complexity index is 588. The summed E-state index contributed by atoms with van der Waals surface area (Å²) in [4.78, 5) is 0. The fourth-order valence-electron chi connectivity index (χ4n) is 2.48. The number of rotatable bonds is 4. The van der Waals surface area contributed by atoms with Gasteiger partial charge in [0.05, 0.1) is 13.0 Å². The van der Waals surface area contributed by atoms with Crippen molar-refractivity contribution >= 4 is 34.8 Å². The van der Waals surface area contributed by atoms with E-state index in [1.54, 1.807) is 7.11 Å². The van der Waals surface area contributed by atoms with Gasteiger partial charge in [-0.25, -0.2) is 0 Å². The standard InChI is InChI=1S/C17H17Cl3O/c1-3-12-6-4-5-7-15(12)16(17(18,19)20)13-8-10-14(21-2)11-9-13/h4-11,16H,3H2,1-2H3/t16-/m1/s1. The second-order valence-electron chi connectivity index (χ2n) is 4.80. The Morgan fingerprint density at radius 2 is 1.62 bits per heavy atom. The lowest BCUT2D eigenvalue weighted by atomic mass is 9.88. The molecule has 21 heavy (non-hydrogen) atoms. The van der Waals surface area contributed by atoms with Gasteiger partial charge in [-0.1, -0.05) is 78.1 Å². The SMILES string of the molecule is CCc1ccccc1[C@@H](c1ccc(OC)cc1)C(Cl)(Cl)Cl. The minimum Gasteiger partial charge on any atom is -0.497 e. The molecule has 0 saturated carbocycles. The Balaban J connectivity index is 2.53. The Morgan fingerprint density at radius 1 is 1.00 bits per heavy atom. The molecule has 2 aromatic carbocycles. The third-order valence-electron chi connectivity index (χ3n) is 3.52. The van der Waals surface area contributed by atoms with Gasteiger partial charge in [0.2, 0.25) is 3.79 Å². The van der Waals surface area contributed by atoms with E-state index in [0.29, 0.717) is 0 Å². The fourth-order valence-corrected chi connectivity index (χ4v) is 3.21. The molecule has 0 aliphatic rings. The lowest BCUT2D eigenvalue weighted by molar-refractivity contribution is 0.414. The van der Waals surface area contributed by atoms with Crippen molar-refractivity contribution in [2.24, 2.45) is 0 Å². The van der Waals surface area contributed by atoms with Crippen LogP contribution >= 0.6 is 34.8 Å². The van der Waals surface area contributed by atoms with Gasteiger partial charge in [0.25, 0.3) is 0 Å². The molecule has 0 heterocycles. The molecule has 0 amide bonds. The van der Waals surface area contributed by atoms with E-state index in [4.69, 9.17) is 39.5 Å². The van der Waals surface area contributed by atoms with Crippen LogP contribution in [-0.2, 0) is 6.42 Å². The van der Waals surface area contributed by atoms with Crippen LogP contribution in [0.4, 0.5) is 0 Å². The van der Waals surface area contributed by atoms with E-state index in [0.717, 1.165) is 23.3 Å². The Morgan fingerprint density at radius 3 is 2.14 bits per heavy atom. The van der Waals surface area contributed by atoms with Gasteiger partial charge in [-0.2, -0.15) is 0 Å². The van der Waals surface area contributed by atoms with Crippen molar-refractivity contribution in [2.45, 2.75) is 23.1 Å². The van der Waals surface area contributed by atoms with Gasteiger partial charge in [0, 0.05) is 0 Å². The van der Waals surface area contributed by atoms with Crippen molar-refractivity contribution in [2.75, 3.05) is 7.11 Å². The molecule has 0 aliphatic heterocycles. The van der Waals surface area contributed by atoms with Crippen molar-refractivity contribution in [3.05, 3.63) is 65.2 Å². The van der Waals surface area contributed by atoms with Crippen LogP contribution in [0.2, 0.25) is 0 Å². The number of halogens is 3. The molecule has 0 spiro atoms. The predicted molar refractivity (Wildman–Crippen MR) is 90.9 cm³/mol. The van der Waals surface area contributed by atoms with Crippen LogP contribution in [0.25, 0.3) is 0 Å². The van der Waals surface area contributed by atoms with Gasteiger partial charge in [0.1, 0.15) is 5.75 Å². The summed E-state index contributed by atoms with van der Waals surface area (Å²) in [5.74, 6) is 0.468. The van der Waals surface area contributed by atoms with Crippen molar-refractivity contribution in [3.8, 4) is 5.75 Å². The highest BCUT2D eigenvalue weighted by molar-refractivity contribution is 6.68. The highest BCUT2D eigenvalue weighted by Gasteiger charge is 2.36. The van der Waals surface area contributed by atoms with Gasteiger partial charge >= 0.3 is 0 Å². The Kier molecular flexibility index (Phi) is 5.43. The molecular formula is C17H17Cl3O. The largest absolute Gasteiger partial charge is 0.497 e. The van der Waals surface area contributed by atoms with Crippen LogP contribution in [0, 0.1) is 0 Å². The molecule has 0 N–H and O–H groups in total. The molecule has 0 unspecified atom stereocenters. The lowest BCUT2D eigenvalue weighted by Crippen LogP contribution is -2.20. The lowest BCUT2D eigenvalue weighted by Gasteiger charge is -2.27. The number of ether oxygens (including phenoxy) is 1. The smallest absolute Gasteiger partial charge is 0.201 e. The van der Waals surface area contributed by atoms with E-state index < -0.39 is 3.79 Å². The summed E-state index contributed by atoms with van der Waals surface area (Å²) in [6.07, 6.45) is 0.892. The fraction of sp³-hybridized carbons (Fsp3) is 0.294. The van der Waals surface area contributed by atoms with Gasteiger partial charge in [-0.05, 0) is 35.2 Å². The number of alkyl halides is 3. The maximum atomic E-state index is 6.27. The minimum absolute atomic E-state index is 0.315. The van der Waals surface area contributed by atoms with Gasteiger partial charge in [0.15, 0.2) is 0 Å². The molecule has 0 aromatic heterocycles. The van der Waals surface area contributed by atoms with Crippen molar-refractivity contribution in [1.82, 2.24) is 0 Å². The van der Waals surface area contributed by atoms with Crippen LogP contribution in [0.5, 0.6) is 5.75 Å². The average Bonchev–Trinajstić information content (AvgIpc) is 2.47. The molecule has 1 atom stereocenters. The zero-order valence-corrected chi connectivity index (χ0v) is 14.2. The van der Waals surface area contributed by atoms with Crippen LogP contribution in [0.15, 0.2) is 48.5 Å². The number of hydrogen-bond donors (Lipinski definition) is 0. The quantitative estimate of drug-likeness (QED) is 0.641. The second-order valence-corrected chi connectivity index (χ2v) is 7.17. The molecular weight excluding hydrogens is 327 g/mol. The summed E-state index contributed by atoms with van der Waals surface area (Å²) in [5, 5.41) is 0. The van der Waals surface area contributed by atoms with Crippen LogP contribution < -0.4 is 4.74 Å². The van der Waals surface area contributed by atoms with E-state index in [-0.39, 0.29) is 5.92 Å². The highest BCUT2D eigenvalue weighted by Crippen LogP contribution is 2.46. The molecule has 0 saturated heterocycles. The van der Waals surface area contributed by atoms with Gasteiger partial charge in [-0.3, -0.25) is 0 Å². The summed E-state index contributed by atoms with van der Waals surface area (Å²) in [6, 6.07) is 15.7. The van der Waals surface area contributed by atoms with Gasteiger partial charge < -0.3 is 4.74 Å². The molecule has 2 aromatic rings. The maximum Gasteiger partial charge on any atom is 0.201 e. The van der Waals surface area contributed by atoms with Gasteiger partial charge in [-0.15, -0.1) is 0 Å². The molecule has 112 valence electrons. The molecule has 0 aliphatic carbocycles. The summed E-state index contributed by atoms with van der Waals surface area (Å²) in [7, 11) is 1.63. The van der Waals surface area contributed by atoms with E-state index in [1.807, 2.05) is 42.5 Å². The third-order valence-corrected chi connectivity index (χ3v) is 4.18.